The highest BCUT2D eigenvalue weighted by Crippen LogP contribution is 2.26. The molecule has 9 nitrogen and oxygen atoms in total. The Morgan fingerprint density at radius 3 is 2.42 bits per heavy atom. The van der Waals surface area contributed by atoms with E-state index < -0.39 is 27.0 Å². The van der Waals surface area contributed by atoms with Crippen LogP contribution in [0.1, 0.15) is 34.6 Å². The lowest BCUT2D eigenvalue weighted by molar-refractivity contribution is 0.0697. The lowest BCUT2D eigenvalue weighted by Gasteiger charge is -2.09. The topological polar surface area (TPSA) is 142 Å². The van der Waals surface area contributed by atoms with Crippen LogP contribution < -0.4 is 5.32 Å². The number of benzene rings is 2. The number of aromatic carboxylic acids is 1. The van der Waals surface area contributed by atoms with Gasteiger partial charge in [-0.05, 0) is 44.2 Å². The Bertz CT molecular complexity index is 1470. The predicted molar refractivity (Wildman–Crippen MR) is 123 cm³/mol. The third-order valence-electron chi connectivity index (χ3n) is 5.10. The standard InChI is InChI=1S/C23H20N4O5S/c1-13(2)33(31,32)17-8-6-14(7-9-17)18-11-24-21-20(26-18)19(12-25-21)27-22(28)15-4-3-5-16(10-15)23(29)30/h3-13H,1-2H3,(H,24,25)(H,27,28)(H,29,30). The number of carbonyl (C=O) groups is 2. The van der Waals surface area contributed by atoms with E-state index in [-0.39, 0.29) is 16.0 Å². The SMILES string of the molecule is CC(C)S(=O)(=O)c1ccc(-c2cnc3[nH]cc(NC(=O)c4cccc(C(=O)O)c4)c3n2)cc1. The van der Waals surface area contributed by atoms with Crippen molar-refractivity contribution in [3.05, 3.63) is 72.1 Å². The maximum atomic E-state index is 12.6. The highest BCUT2D eigenvalue weighted by molar-refractivity contribution is 7.92. The number of hydrogen-bond donors (Lipinski definition) is 3. The number of carboxylic acid groups (broad SMARTS) is 1. The number of carbonyl (C=O) groups excluding carboxylic acids is 1. The number of carboxylic acids is 1. The van der Waals surface area contributed by atoms with Gasteiger partial charge in [0.25, 0.3) is 5.91 Å². The minimum atomic E-state index is -3.38. The molecule has 4 rings (SSSR count). The van der Waals surface area contributed by atoms with E-state index in [4.69, 9.17) is 5.11 Å². The molecule has 0 radical (unpaired) electrons. The number of sulfone groups is 1. The maximum absolute atomic E-state index is 12.6. The van der Waals surface area contributed by atoms with Crippen molar-refractivity contribution < 1.29 is 23.1 Å². The van der Waals surface area contributed by atoms with Crippen LogP contribution >= 0.6 is 0 Å². The van der Waals surface area contributed by atoms with Crippen LogP contribution in [-0.4, -0.2) is 45.6 Å². The van der Waals surface area contributed by atoms with Gasteiger partial charge in [-0.1, -0.05) is 18.2 Å². The Labute approximate surface area is 189 Å². The smallest absolute Gasteiger partial charge is 0.335 e. The van der Waals surface area contributed by atoms with E-state index in [1.54, 1.807) is 38.4 Å². The molecule has 0 saturated carbocycles. The van der Waals surface area contributed by atoms with E-state index in [1.807, 2.05) is 0 Å². The molecule has 0 aliphatic carbocycles. The van der Waals surface area contributed by atoms with Crippen molar-refractivity contribution in [2.24, 2.45) is 0 Å². The Balaban J connectivity index is 1.64. The summed E-state index contributed by atoms with van der Waals surface area (Å²) in [5.74, 6) is -1.62. The van der Waals surface area contributed by atoms with Crippen LogP contribution in [0.2, 0.25) is 0 Å². The number of fused-ring (bicyclic) bond motifs is 1. The summed E-state index contributed by atoms with van der Waals surface area (Å²) in [6.07, 6.45) is 3.10. The molecule has 0 aliphatic rings. The predicted octanol–water partition coefficient (Wildman–Crippen LogP) is 3.76. The van der Waals surface area contributed by atoms with Crippen LogP contribution in [0.5, 0.6) is 0 Å². The average Bonchev–Trinajstić information content (AvgIpc) is 3.21. The van der Waals surface area contributed by atoms with Crippen LogP contribution in [0.4, 0.5) is 5.69 Å². The number of anilines is 1. The highest BCUT2D eigenvalue weighted by Gasteiger charge is 2.19. The molecule has 4 aromatic rings. The molecule has 168 valence electrons. The fourth-order valence-electron chi connectivity index (χ4n) is 3.20. The molecule has 0 aliphatic heterocycles. The highest BCUT2D eigenvalue weighted by atomic mass is 32.2. The second kappa shape index (κ2) is 8.47. The van der Waals surface area contributed by atoms with Gasteiger partial charge in [0.05, 0.1) is 33.3 Å². The van der Waals surface area contributed by atoms with Crippen molar-refractivity contribution in [3.8, 4) is 11.3 Å². The molecule has 33 heavy (non-hydrogen) atoms. The van der Waals surface area contributed by atoms with Crippen LogP contribution in [0.25, 0.3) is 22.4 Å². The molecule has 0 atom stereocenters. The molecule has 0 unspecified atom stereocenters. The van der Waals surface area contributed by atoms with Gasteiger partial charge >= 0.3 is 5.97 Å². The molecule has 0 spiro atoms. The first-order valence-corrected chi connectivity index (χ1v) is 11.5. The van der Waals surface area contributed by atoms with E-state index in [2.05, 4.69) is 20.3 Å². The zero-order valence-electron chi connectivity index (χ0n) is 17.7. The fourth-order valence-corrected chi connectivity index (χ4v) is 4.26. The number of aromatic amines is 1. The van der Waals surface area contributed by atoms with E-state index in [1.165, 1.54) is 36.4 Å². The van der Waals surface area contributed by atoms with Gasteiger partial charge in [0.2, 0.25) is 0 Å². The largest absolute Gasteiger partial charge is 0.478 e. The van der Waals surface area contributed by atoms with Gasteiger partial charge in [-0.3, -0.25) is 4.79 Å². The van der Waals surface area contributed by atoms with Crippen LogP contribution in [-0.2, 0) is 9.84 Å². The van der Waals surface area contributed by atoms with Gasteiger partial charge < -0.3 is 15.4 Å². The third-order valence-corrected chi connectivity index (χ3v) is 7.27. The van der Waals surface area contributed by atoms with Crippen molar-refractivity contribution in [1.29, 1.82) is 0 Å². The minimum Gasteiger partial charge on any atom is -0.478 e. The van der Waals surface area contributed by atoms with Crippen molar-refractivity contribution >= 4 is 38.6 Å². The first-order valence-electron chi connectivity index (χ1n) is 10.00. The van der Waals surface area contributed by atoms with Gasteiger partial charge in [0.15, 0.2) is 15.5 Å². The molecule has 0 saturated heterocycles. The fraction of sp³-hybridized carbons (Fsp3) is 0.130. The molecule has 0 bridgehead atoms. The number of hydrogen-bond acceptors (Lipinski definition) is 6. The normalized spacial score (nSPS) is 11.6. The van der Waals surface area contributed by atoms with Crippen molar-refractivity contribution in [2.75, 3.05) is 5.32 Å². The number of nitrogens with zero attached hydrogens (tertiary/aromatic N) is 2. The Kier molecular flexibility index (Phi) is 5.69. The number of rotatable bonds is 6. The zero-order chi connectivity index (χ0) is 23.8. The monoisotopic (exact) mass is 464 g/mol. The first kappa shape index (κ1) is 22.2. The molecular formula is C23H20N4O5S. The first-order chi connectivity index (χ1) is 15.7. The summed E-state index contributed by atoms with van der Waals surface area (Å²) >= 11 is 0. The van der Waals surface area contributed by atoms with Crippen LogP contribution in [0.3, 0.4) is 0 Å². The Morgan fingerprint density at radius 1 is 1.06 bits per heavy atom. The lowest BCUT2D eigenvalue weighted by atomic mass is 10.1. The van der Waals surface area contributed by atoms with Gasteiger partial charge in [0.1, 0.15) is 5.52 Å². The van der Waals surface area contributed by atoms with Crippen molar-refractivity contribution in [2.45, 2.75) is 24.0 Å². The number of nitrogens with one attached hydrogen (secondary N) is 2. The molecule has 1 amide bonds. The van der Waals surface area contributed by atoms with E-state index in [0.29, 0.717) is 28.1 Å². The second-order valence-corrected chi connectivity index (χ2v) is 10.1. The van der Waals surface area contributed by atoms with Gasteiger partial charge in [0, 0.05) is 17.3 Å². The van der Waals surface area contributed by atoms with Crippen molar-refractivity contribution in [3.63, 3.8) is 0 Å². The molecule has 2 aromatic heterocycles. The maximum Gasteiger partial charge on any atom is 0.335 e. The van der Waals surface area contributed by atoms with Crippen LogP contribution in [0, 0.1) is 0 Å². The third kappa shape index (κ3) is 4.33. The summed E-state index contributed by atoms with van der Waals surface area (Å²) in [6.45, 7) is 3.25. The van der Waals surface area contributed by atoms with E-state index in [0.717, 1.165) is 0 Å². The summed E-state index contributed by atoms with van der Waals surface area (Å²) in [4.78, 5) is 35.9. The molecule has 0 fully saturated rings. The molecule has 3 N–H and O–H groups in total. The van der Waals surface area contributed by atoms with Gasteiger partial charge in [-0.15, -0.1) is 0 Å². The average molecular weight is 465 g/mol. The number of amides is 1. The summed E-state index contributed by atoms with van der Waals surface area (Å²) in [6, 6.07) is 12.1. The van der Waals surface area contributed by atoms with Crippen molar-refractivity contribution in [1.82, 2.24) is 15.0 Å². The summed E-state index contributed by atoms with van der Waals surface area (Å²) < 4.78 is 24.7. The van der Waals surface area contributed by atoms with E-state index in [9.17, 15) is 18.0 Å². The van der Waals surface area contributed by atoms with Gasteiger partial charge in [-0.25, -0.2) is 23.2 Å². The second-order valence-electron chi connectivity index (χ2n) is 7.61. The molecular weight excluding hydrogens is 444 g/mol. The van der Waals surface area contributed by atoms with E-state index >= 15 is 0 Å². The summed E-state index contributed by atoms with van der Waals surface area (Å²) in [5, 5.41) is 11.3. The summed E-state index contributed by atoms with van der Waals surface area (Å²) in [5.41, 5.74) is 2.60. The lowest BCUT2D eigenvalue weighted by Crippen LogP contribution is -2.13. The Morgan fingerprint density at radius 2 is 1.76 bits per heavy atom. The molecule has 2 heterocycles. The van der Waals surface area contributed by atoms with Gasteiger partial charge in [-0.2, -0.15) is 0 Å². The zero-order valence-corrected chi connectivity index (χ0v) is 18.6. The Hall–Kier alpha value is -4.05. The minimum absolute atomic E-state index is 0.00609. The number of aromatic nitrogens is 3. The molecule has 10 heteroatoms. The number of H-pyrrole nitrogens is 1. The van der Waals surface area contributed by atoms with Crippen LogP contribution in [0.15, 0.2) is 65.8 Å². The molecule has 2 aromatic carbocycles. The quantitative estimate of drug-likeness (QED) is 0.394. The summed E-state index contributed by atoms with van der Waals surface area (Å²) in [7, 11) is -3.38.